The third-order valence-corrected chi connectivity index (χ3v) is 4.82. The van der Waals surface area contributed by atoms with E-state index in [2.05, 4.69) is 28.3 Å². The van der Waals surface area contributed by atoms with Crippen molar-refractivity contribution in [1.82, 2.24) is 24.6 Å². The van der Waals surface area contributed by atoms with Gasteiger partial charge in [-0.3, -0.25) is 14.3 Å². The second-order valence-electron chi connectivity index (χ2n) is 6.01. The number of thioether (sulfide) groups is 1. The Balaban J connectivity index is 2.23. The molecule has 2 aromatic heterocycles. The van der Waals surface area contributed by atoms with Crippen molar-refractivity contribution in [2.24, 2.45) is 0 Å². The normalized spacial score (nSPS) is 11.8. The van der Waals surface area contributed by atoms with E-state index in [1.165, 1.54) is 11.8 Å². The molecule has 0 saturated carbocycles. The standard InChI is InChI=1S/C19H25N5OS/c1-6-12-24-17(16-8-10-20-11-9-16)21-22-19(24)26-15(5)18(25)23(7-2)13-14(3)4/h6,8-11,15H,1,3,7,12-13H2,2,4-5H3. The lowest BCUT2D eigenvalue weighted by molar-refractivity contribution is -0.129. The number of aromatic nitrogens is 4. The van der Waals surface area contributed by atoms with Gasteiger partial charge in [-0.1, -0.05) is 30.0 Å². The van der Waals surface area contributed by atoms with E-state index in [0.717, 1.165) is 17.0 Å². The minimum absolute atomic E-state index is 0.0686. The molecule has 2 rings (SSSR count). The smallest absolute Gasteiger partial charge is 0.236 e. The quantitative estimate of drug-likeness (QED) is 0.499. The second-order valence-corrected chi connectivity index (χ2v) is 7.32. The van der Waals surface area contributed by atoms with Gasteiger partial charge in [0.15, 0.2) is 11.0 Å². The maximum absolute atomic E-state index is 12.7. The van der Waals surface area contributed by atoms with Gasteiger partial charge in [0.1, 0.15) is 0 Å². The van der Waals surface area contributed by atoms with Crippen LogP contribution in [-0.2, 0) is 11.3 Å². The summed E-state index contributed by atoms with van der Waals surface area (Å²) < 4.78 is 1.96. The lowest BCUT2D eigenvalue weighted by Crippen LogP contribution is -2.37. The number of amides is 1. The third kappa shape index (κ3) is 4.82. The Labute approximate surface area is 159 Å². The van der Waals surface area contributed by atoms with Crippen molar-refractivity contribution >= 4 is 17.7 Å². The molecule has 0 bridgehead atoms. The predicted octanol–water partition coefficient (Wildman–Crippen LogP) is 3.43. The molecule has 0 N–H and O–H groups in total. The fourth-order valence-electron chi connectivity index (χ4n) is 2.52. The highest BCUT2D eigenvalue weighted by Crippen LogP contribution is 2.27. The van der Waals surface area contributed by atoms with E-state index in [1.807, 2.05) is 37.5 Å². The SMILES string of the molecule is C=CCn1c(SC(C)C(=O)N(CC)CC(=C)C)nnc1-c1ccncc1. The molecular weight excluding hydrogens is 346 g/mol. The molecule has 1 atom stereocenters. The molecule has 26 heavy (non-hydrogen) atoms. The Morgan fingerprint density at radius 1 is 1.38 bits per heavy atom. The molecule has 0 radical (unpaired) electrons. The van der Waals surface area contributed by atoms with Crippen LogP contribution in [0.25, 0.3) is 11.4 Å². The van der Waals surface area contributed by atoms with Crippen LogP contribution in [0.1, 0.15) is 20.8 Å². The average Bonchev–Trinajstić information content (AvgIpc) is 3.02. The number of carbonyl (C=O) groups is 1. The van der Waals surface area contributed by atoms with Crippen LogP contribution in [0.2, 0.25) is 0 Å². The molecule has 2 aromatic rings. The van der Waals surface area contributed by atoms with E-state index in [-0.39, 0.29) is 11.2 Å². The number of pyridine rings is 1. The van der Waals surface area contributed by atoms with E-state index >= 15 is 0 Å². The molecule has 0 aliphatic rings. The Morgan fingerprint density at radius 2 is 2.08 bits per heavy atom. The first kappa shape index (κ1) is 19.9. The van der Waals surface area contributed by atoms with Gasteiger partial charge < -0.3 is 4.90 Å². The highest BCUT2D eigenvalue weighted by Gasteiger charge is 2.23. The van der Waals surface area contributed by atoms with Crippen LogP contribution in [0.5, 0.6) is 0 Å². The zero-order chi connectivity index (χ0) is 19.1. The Bertz CT molecular complexity index is 771. The molecule has 138 valence electrons. The summed E-state index contributed by atoms with van der Waals surface area (Å²) in [5, 5.41) is 9.03. The predicted molar refractivity (Wildman–Crippen MR) is 106 cm³/mol. The number of carbonyl (C=O) groups excluding carboxylic acids is 1. The first-order chi connectivity index (χ1) is 12.5. The number of likely N-dealkylation sites (N-methyl/N-ethyl adjacent to an activating group) is 1. The molecule has 0 saturated heterocycles. The van der Waals surface area contributed by atoms with Gasteiger partial charge in [-0.25, -0.2) is 0 Å². The fourth-order valence-corrected chi connectivity index (χ4v) is 3.46. The van der Waals surface area contributed by atoms with Gasteiger partial charge in [-0.15, -0.1) is 16.8 Å². The van der Waals surface area contributed by atoms with Gasteiger partial charge in [0.05, 0.1) is 5.25 Å². The summed E-state index contributed by atoms with van der Waals surface area (Å²) in [5.41, 5.74) is 1.89. The summed E-state index contributed by atoms with van der Waals surface area (Å²) in [4.78, 5) is 18.6. The molecule has 0 aliphatic heterocycles. The van der Waals surface area contributed by atoms with Crippen LogP contribution in [0.3, 0.4) is 0 Å². The summed E-state index contributed by atoms with van der Waals surface area (Å²) in [7, 11) is 0. The summed E-state index contributed by atoms with van der Waals surface area (Å²) >= 11 is 1.41. The maximum Gasteiger partial charge on any atom is 0.236 e. The lowest BCUT2D eigenvalue weighted by Gasteiger charge is -2.24. The third-order valence-electron chi connectivity index (χ3n) is 3.75. The fraction of sp³-hybridized carbons (Fsp3) is 0.368. The first-order valence-corrected chi connectivity index (χ1v) is 9.40. The number of hydrogen-bond acceptors (Lipinski definition) is 5. The van der Waals surface area contributed by atoms with Crippen LogP contribution >= 0.6 is 11.8 Å². The van der Waals surface area contributed by atoms with Crippen molar-refractivity contribution < 1.29 is 4.79 Å². The minimum Gasteiger partial charge on any atom is -0.338 e. The maximum atomic E-state index is 12.7. The number of rotatable bonds is 9. The summed E-state index contributed by atoms with van der Waals surface area (Å²) in [6.07, 6.45) is 5.24. The van der Waals surface area contributed by atoms with Gasteiger partial charge in [0, 0.05) is 37.6 Å². The molecule has 1 unspecified atom stereocenters. The van der Waals surface area contributed by atoms with Gasteiger partial charge in [0.2, 0.25) is 5.91 Å². The average molecular weight is 372 g/mol. The molecule has 2 heterocycles. The van der Waals surface area contributed by atoms with Crippen LogP contribution in [0, 0.1) is 0 Å². The van der Waals surface area contributed by atoms with Crippen LogP contribution in [0.4, 0.5) is 0 Å². The van der Waals surface area contributed by atoms with Gasteiger partial charge >= 0.3 is 0 Å². The van der Waals surface area contributed by atoms with E-state index in [0.29, 0.717) is 24.8 Å². The Hall–Kier alpha value is -2.41. The van der Waals surface area contributed by atoms with Gasteiger partial charge in [-0.05, 0) is 32.9 Å². The van der Waals surface area contributed by atoms with Crippen molar-refractivity contribution in [2.75, 3.05) is 13.1 Å². The van der Waals surface area contributed by atoms with Crippen molar-refractivity contribution in [3.05, 3.63) is 49.3 Å². The van der Waals surface area contributed by atoms with Crippen molar-refractivity contribution in [3.63, 3.8) is 0 Å². The molecule has 6 nitrogen and oxygen atoms in total. The number of allylic oxidation sites excluding steroid dienone is 1. The largest absolute Gasteiger partial charge is 0.338 e. The van der Waals surface area contributed by atoms with Gasteiger partial charge in [-0.2, -0.15) is 0 Å². The topological polar surface area (TPSA) is 63.9 Å². The summed E-state index contributed by atoms with van der Waals surface area (Å²) in [6, 6.07) is 3.77. The number of hydrogen-bond donors (Lipinski definition) is 0. The van der Waals surface area contributed by atoms with Gasteiger partial charge in [0.25, 0.3) is 0 Å². The highest BCUT2D eigenvalue weighted by atomic mass is 32.2. The Morgan fingerprint density at radius 3 is 2.65 bits per heavy atom. The number of nitrogens with zero attached hydrogens (tertiary/aromatic N) is 5. The molecule has 1 amide bonds. The molecule has 0 aliphatic carbocycles. The summed E-state index contributed by atoms with van der Waals surface area (Å²) in [5.74, 6) is 0.808. The molecule has 0 spiro atoms. The van der Waals surface area contributed by atoms with E-state index < -0.39 is 0 Å². The minimum atomic E-state index is -0.271. The zero-order valence-corrected chi connectivity index (χ0v) is 16.4. The van der Waals surface area contributed by atoms with E-state index in [9.17, 15) is 4.79 Å². The first-order valence-electron chi connectivity index (χ1n) is 8.52. The molecule has 7 heteroatoms. The monoisotopic (exact) mass is 371 g/mol. The van der Waals surface area contributed by atoms with E-state index in [1.54, 1.807) is 23.4 Å². The van der Waals surface area contributed by atoms with Crippen LogP contribution in [0.15, 0.2) is 54.5 Å². The Kier molecular flexibility index (Phi) is 7.15. The van der Waals surface area contributed by atoms with Crippen LogP contribution < -0.4 is 0 Å². The molecule has 0 fully saturated rings. The zero-order valence-electron chi connectivity index (χ0n) is 15.6. The molecular formula is C19H25N5OS. The van der Waals surface area contributed by atoms with Crippen LogP contribution in [-0.4, -0.2) is 48.9 Å². The van der Waals surface area contributed by atoms with Crippen molar-refractivity contribution in [2.45, 2.75) is 37.7 Å². The van der Waals surface area contributed by atoms with Crippen molar-refractivity contribution in [3.8, 4) is 11.4 Å². The van der Waals surface area contributed by atoms with E-state index in [4.69, 9.17) is 0 Å². The van der Waals surface area contributed by atoms with Crippen molar-refractivity contribution in [1.29, 1.82) is 0 Å². The second kappa shape index (κ2) is 9.33. The lowest BCUT2D eigenvalue weighted by atomic mass is 10.2. The molecule has 0 aromatic carbocycles. The summed E-state index contributed by atoms with van der Waals surface area (Å²) in [6.45, 7) is 15.3. The highest BCUT2D eigenvalue weighted by molar-refractivity contribution is 8.00.